The maximum Gasteiger partial charge on any atom is 0.327 e. The predicted molar refractivity (Wildman–Crippen MR) is 140 cm³/mol. The van der Waals surface area contributed by atoms with Gasteiger partial charge in [-0.1, -0.05) is 30.3 Å². The summed E-state index contributed by atoms with van der Waals surface area (Å²) in [5, 5.41) is 0. The third kappa shape index (κ3) is 6.63. The van der Waals surface area contributed by atoms with Gasteiger partial charge in [-0.15, -0.1) is 0 Å². The van der Waals surface area contributed by atoms with E-state index in [4.69, 9.17) is 14.2 Å². The Morgan fingerprint density at radius 2 is 1.69 bits per heavy atom. The zero-order valence-corrected chi connectivity index (χ0v) is 21.8. The van der Waals surface area contributed by atoms with Crippen LogP contribution in [0.2, 0.25) is 0 Å². The van der Waals surface area contributed by atoms with Crippen LogP contribution in [0.1, 0.15) is 32.0 Å². The molecule has 0 saturated heterocycles. The molecule has 0 aliphatic carbocycles. The molecule has 190 valence electrons. The summed E-state index contributed by atoms with van der Waals surface area (Å²) in [5.41, 5.74) is 0.763. The Bertz CT molecular complexity index is 1330. The lowest BCUT2D eigenvalue weighted by atomic mass is 10.1. The van der Waals surface area contributed by atoms with Crippen molar-refractivity contribution < 1.29 is 27.4 Å². The number of esters is 1. The molecule has 0 aliphatic rings. The zero-order valence-electron chi connectivity index (χ0n) is 21.0. The van der Waals surface area contributed by atoms with Gasteiger partial charge in [-0.05, 0) is 62.7 Å². The lowest BCUT2D eigenvalue weighted by Gasteiger charge is -2.28. The fraction of sp³-hybridized carbons (Fsp3) is 0.259. The number of hydrogen-bond donors (Lipinski definition) is 0. The second-order valence-electron chi connectivity index (χ2n) is 8.76. The average molecular weight is 511 g/mol. The van der Waals surface area contributed by atoms with Crippen LogP contribution in [0.25, 0.3) is 12.2 Å². The van der Waals surface area contributed by atoms with Crippen molar-refractivity contribution in [2.24, 2.45) is 0 Å². The summed E-state index contributed by atoms with van der Waals surface area (Å²) in [6, 6.07) is 16.8. The van der Waals surface area contributed by atoms with Crippen LogP contribution in [0.5, 0.6) is 11.5 Å². The first-order chi connectivity index (χ1) is 17.0. The number of sulfonamides is 1. The van der Waals surface area contributed by atoms with Crippen LogP contribution in [0, 0.1) is 0 Å². The van der Waals surface area contributed by atoms with Crippen LogP contribution in [-0.4, -0.2) is 45.7 Å². The van der Waals surface area contributed by atoms with E-state index in [0.29, 0.717) is 22.7 Å². The summed E-state index contributed by atoms with van der Waals surface area (Å²) in [4.78, 5) is 17.0. The van der Waals surface area contributed by atoms with E-state index in [1.54, 1.807) is 69.5 Å². The maximum absolute atomic E-state index is 14.1. The summed E-state index contributed by atoms with van der Waals surface area (Å²) in [5.74, 6) is -0.252. The summed E-state index contributed by atoms with van der Waals surface area (Å²) in [6.45, 7) is 4.61. The Morgan fingerprint density at radius 3 is 2.33 bits per heavy atom. The van der Waals surface area contributed by atoms with Gasteiger partial charge in [0.15, 0.2) is 0 Å². The van der Waals surface area contributed by atoms with E-state index < -0.39 is 28.1 Å². The fourth-order valence-corrected chi connectivity index (χ4v) is 5.01. The maximum atomic E-state index is 14.1. The largest absolute Gasteiger partial charge is 0.497 e. The van der Waals surface area contributed by atoms with Gasteiger partial charge in [0.1, 0.15) is 28.5 Å². The summed E-state index contributed by atoms with van der Waals surface area (Å²) < 4.78 is 45.2. The summed E-state index contributed by atoms with van der Waals surface area (Å²) in [6.07, 6.45) is 5.18. The number of carbonyl (C=O) groups excluding carboxylic acids is 1. The number of benzene rings is 2. The van der Waals surface area contributed by atoms with Crippen molar-refractivity contribution in [3.8, 4) is 11.5 Å². The second-order valence-corrected chi connectivity index (χ2v) is 10.6. The molecule has 0 unspecified atom stereocenters. The van der Waals surface area contributed by atoms with E-state index >= 15 is 0 Å². The Balaban J connectivity index is 2.16. The molecule has 0 aliphatic heterocycles. The molecule has 1 heterocycles. The molecule has 9 heteroatoms. The number of methoxy groups -OCH3 is 2. The van der Waals surface area contributed by atoms with Gasteiger partial charge in [0.05, 0.1) is 25.6 Å². The van der Waals surface area contributed by atoms with E-state index in [0.717, 1.165) is 4.31 Å². The Labute approximate surface area is 212 Å². The number of aromatic nitrogens is 1. The van der Waals surface area contributed by atoms with Gasteiger partial charge in [0.2, 0.25) is 0 Å². The highest BCUT2D eigenvalue weighted by molar-refractivity contribution is 7.93. The van der Waals surface area contributed by atoms with Crippen molar-refractivity contribution in [3.05, 3.63) is 78.1 Å². The molecule has 3 rings (SSSR count). The van der Waals surface area contributed by atoms with Crippen molar-refractivity contribution in [2.75, 3.05) is 25.1 Å². The number of nitrogens with zero attached hydrogens (tertiary/aromatic N) is 2. The van der Waals surface area contributed by atoms with Crippen LogP contribution in [0.3, 0.4) is 0 Å². The molecule has 3 aromatic rings. The van der Waals surface area contributed by atoms with Gasteiger partial charge < -0.3 is 14.2 Å². The first-order valence-electron chi connectivity index (χ1n) is 11.2. The molecule has 0 amide bonds. The quantitative estimate of drug-likeness (QED) is 0.381. The molecule has 0 N–H and O–H groups in total. The predicted octanol–water partition coefficient (Wildman–Crippen LogP) is 4.81. The van der Waals surface area contributed by atoms with Gasteiger partial charge in [-0.3, -0.25) is 14.1 Å². The monoisotopic (exact) mass is 510 g/mol. The van der Waals surface area contributed by atoms with Crippen LogP contribution in [-0.2, 0) is 19.6 Å². The average Bonchev–Trinajstić information content (AvgIpc) is 2.85. The third-order valence-electron chi connectivity index (χ3n) is 4.96. The molecule has 0 fully saturated rings. The lowest BCUT2D eigenvalue weighted by molar-refractivity contribution is -0.152. The topological polar surface area (TPSA) is 95.0 Å². The third-order valence-corrected chi connectivity index (χ3v) is 6.74. The molecule has 0 bridgehead atoms. The van der Waals surface area contributed by atoms with E-state index in [2.05, 4.69) is 4.98 Å². The van der Waals surface area contributed by atoms with Gasteiger partial charge in [-0.2, -0.15) is 0 Å². The van der Waals surface area contributed by atoms with Crippen molar-refractivity contribution in [3.63, 3.8) is 0 Å². The minimum absolute atomic E-state index is 0.117. The Kier molecular flexibility index (Phi) is 8.37. The van der Waals surface area contributed by atoms with Crippen molar-refractivity contribution in [1.29, 1.82) is 0 Å². The van der Waals surface area contributed by atoms with E-state index in [-0.39, 0.29) is 10.6 Å². The highest BCUT2D eigenvalue weighted by atomic mass is 32.2. The highest BCUT2D eigenvalue weighted by Crippen LogP contribution is 2.34. The number of hydrogen-bond acceptors (Lipinski definition) is 7. The van der Waals surface area contributed by atoms with Gasteiger partial charge >= 0.3 is 5.97 Å². The highest BCUT2D eigenvalue weighted by Gasteiger charge is 2.33. The molecule has 0 radical (unpaired) electrons. The molecule has 0 saturated carbocycles. The normalized spacial score (nSPS) is 11.8. The first kappa shape index (κ1) is 26.7. The standard InChI is InChI=1S/C27H30N2O6S/c1-27(2,3)35-26(30)19-29(36(31,32)25-18-22(33-4)15-16-24(25)34-5)23-12-7-6-10-20(23)13-14-21-11-8-9-17-28-21/h6-18H,19H2,1-5H3. The van der Waals surface area contributed by atoms with Crippen molar-refractivity contribution >= 4 is 33.8 Å². The molecule has 8 nitrogen and oxygen atoms in total. The molecule has 2 aromatic carbocycles. The lowest BCUT2D eigenvalue weighted by Crippen LogP contribution is -2.39. The van der Waals surface area contributed by atoms with Crippen molar-refractivity contribution in [2.45, 2.75) is 31.3 Å². The molecular formula is C27H30N2O6S. The molecule has 0 spiro atoms. The van der Waals surface area contributed by atoms with Gasteiger partial charge in [0, 0.05) is 12.3 Å². The van der Waals surface area contributed by atoms with Crippen LogP contribution >= 0.6 is 0 Å². The fourth-order valence-electron chi connectivity index (χ4n) is 3.40. The minimum atomic E-state index is -4.31. The van der Waals surface area contributed by atoms with Crippen LogP contribution < -0.4 is 13.8 Å². The molecular weight excluding hydrogens is 480 g/mol. The Hall–Kier alpha value is -3.85. The van der Waals surface area contributed by atoms with Gasteiger partial charge in [0.25, 0.3) is 10.0 Å². The molecule has 1 aromatic heterocycles. The number of para-hydroxylation sites is 1. The Morgan fingerprint density at radius 1 is 0.972 bits per heavy atom. The van der Waals surface area contributed by atoms with Crippen molar-refractivity contribution in [1.82, 2.24) is 4.98 Å². The summed E-state index contributed by atoms with van der Waals surface area (Å²) in [7, 11) is -1.49. The minimum Gasteiger partial charge on any atom is -0.497 e. The second kappa shape index (κ2) is 11.3. The first-order valence-corrected chi connectivity index (χ1v) is 12.6. The zero-order chi connectivity index (χ0) is 26.3. The van der Waals surface area contributed by atoms with Gasteiger partial charge in [-0.25, -0.2) is 8.42 Å². The molecule has 36 heavy (non-hydrogen) atoms. The SMILES string of the molecule is COc1ccc(OC)c(S(=O)(=O)N(CC(=O)OC(C)(C)C)c2ccccc2C=Cc2ccccn2)c1. The van der Waals surface area contributed by atoms with E-state index in [9.17, 15) is 13.2 Å². The number of rotatable bonds is 9. The van der Waals surface area contributed by atoms with Crippen LogP contribution in [0.15, 0.2) is 71.8 Å². The summed E-state index contributed by atoms with van der Waals surface area (Å²) >= 11 is 0. The van der Waals surface area contributed by atoms with E-state index in [1.165, 1.54) is 26.4 Å². The van der Waals surface area contributed by atoms with Crippen LogP contribution in [0.4, 0.5) is 5.69 Å². The number of anilines is 1. The van der Waals surface area contributed by atoms with E-state index in [1.807, 2.05) is 18.2 Å². The number of ether oxygens (including phenoxy) is 3. The molecule has 0 atom stereocenters. The number of carbonyl (C=O) groups is 1. The number of pyridine rings is 1. The smallest absolute Gasteiger partial charge is 0.327 e.